The molecule has 0 aliphatic carbocycles. The zero-order valence-electron chi connectivity index (χ0n) is 19.1. The van der Waals surface area contributed by atoms with Gasteiger partial charge in [0, 0.05) is 0 Å². The van der Waals surface area contributed by atoms with Crippen LogP contribution in [0, 0.1) is 6.92 Å². The van der Waals surface area contributed by atoms with Gasteiger partial charge in [0.2, 0.25) is 0 Å². The maximum absolute atomic E-state index is 6.39. The van der Waals surface area contributed by atoms with Gasteiger partial charge in [-0.2, -0.15) is 0 Å². The van der Waals surface area contributed by atoms with Crippen LogP contribution in [0.4, 0.5) is 0 Å². The predicted octanol–water partition coefficient (Wildman–Crippen LogP) is 7.11. The van der Waals surface area contributed by atoms with Crippen molar-refractivity contribution >= 4 is 21.8 Å². The largest absolute Gasteiger partial charge is 0.492 e. The minimum absolute atomic E-state index is 0.139. The van der Waals surface area contributed by atoms with E-state index in [1.807, 2.05) is 24.3 Å². The molecule has 0 saturated carbocycles. The van der Waals surface area contributed by atoms with Crippen LogP contribution in [0.15, 0.2) is 91.0 Å². The molecule has 0 N–H and O–H groups in total. The summed E-state index contributed by atoms with van der Waals surface area (Å²) < 4.78 is 14.8. The highest BCUT2D eigenvalue weighted by Crippen LogP contribution is 2.28. The lowest BCUT2D eigenvalue weighted by molar-refractivity contribution is 0.184. The molecule has 0 fully saturated rings. The minimum Gasteiger partial charge on any atom is -0.492 e. The second-order valence-corrected chi connectivity index (χ2v) is 8.30. The van der Waals surface area contributed by atoms with Crippen molar-refractivity contribution in [3.8, 4) is 11.5 Å². The van der Waals surface area contributed by atoms with E-state index in [0.717, 1.165) is 34.8 Å². The Hall–Kier alpha value is -3.79. The molecular weight excluding hydrogens is 408 g/mol. The van der Waals surface area contributed by atoms with E-state index >= 15 is 0 Å². The number of ether oxygens (including phenoxy) is 2. The maximum Gasteiger partial charge on any atom is 0.156 e. The lowest BCUT2D eigenvalue weighted by Gasteiger charge is -2.19. The van der Waals surface area contributed by atoms with Crippen molar-refractivity contribution in [3.63, 3.8) is 0 Å². The molecule has 1 atom stereocenters. The van der Waals surface area contributed by atoms with Gasteiger partial charge in [-0.3, -0.25) is 0 Å². The molecule has 4 nitrogen and oxygen atoms in total. The number of para-hydroxylation sites is 2. The van der Waals surface area contributed by atoms with Gasteiger partial charge in [0.05, 0.1) is 17.6 Å². The molecule has 0 amide bonds. The molecule has 1 aromatic heterocycles. The van der Waals surface area contributed by atoms with Crippen LogP contribution in [0.25, 0.3) is 21.8 Å². The topological polar surface area (TPSA) is 36.3 Å². The normalized spacial score (nSPS) is 12.2. The number of hydrogen-bond donors (Lipinski definition) is 0. The number of aryl methyl sites for hydroxylation is 1. The molecule has 4 aromatic carbocycles. The summed E-state index contributed by atoms with van der Waals surface area (Å²) in [4.78, 5) is 4.95. The highest BCUT2D eigenvalue weighted by atomic mass is 16.5. The van der Waals surface area contributed by atoms with Crippen LogP contribution in [0.5, 0.6) is 11.5 Å². The first-order chi connectivity index (χ1) is 16.2. The quantitative estimate of drug-likeness (QED) is 0.260. The van der Waals surface area contributed by atoms with E-state index in [2.05, 4.69) is 85.1 Å². The van der Waals surface area contributed by atoms with Gasteiger partial charge in [0.25, 0.3) is 0 Å². The lowest BCUT2D eigenvalue weighted by atomic mass is 10.1. The molecule has 5 aromatic rings. The van der Waals surface area contributed by atoms with Crippen molar-refractivity contribution in [1.29, 1.82) is 0 Å². The maximum atomic E-state index is 6.39. The second-order valence-electron chi connectivity index (χ2n) is 8.30. The first-order valence-electron chi connectivity index (χ1n) is 11.5. The average molecular weight is 437 g/mol. The van der Waals surface area contributed by atoms with Crippen molar-refractivity contribution in [2.24, 2.45) is 0 Å². The van der Waals surface area contributed by atoms with Crippen molar-refractivity contribution < 1.29 is 9.47 Å². The summed E-state index contributed by atoms with van der Waals surface area (Å²) in [5.74, 6) is 2.68. The van der Waals surface area contributed by atoms with Crippen molar-refractivity contribution in [2.75, 3.05) is 6.61 Å². The third-order valence-electron chi connectivity index (χ3n) is 5.92. The molecule has 0 spiro atoms. The zero-order valence-corrected chi connectivity index (χ0v) is 19.1. The fraction of sp³-hybridized carbons (Fsp3) is 0.207. The highest BCUT2D eigenvalue weighted by Gasteiger charge is 2.21. The van der Waals surface area contributed by atoms with E-state index < -0.39 is 0 Å². The number of benzene rings is 4. The SMILES string of the molecule is CCC(Oc1cccc(C)c1)c1nc2ccccc2n1CCOc1ccc2ccccc2c1. The van der Waals surface area contributed by atoms with E-state index in [9.17, 15) is 0 Å². The van der Waals surface area contributed by atoms with Crippen molar-refractivity contribution in [2.45, 2.75) is 32.9 Å². The monoisotopic (exact) mass is 436 g/mol. The first-order valence-corrected chi connectivity index (χ1v) is 11.5. The molecule has 1 heterocycles. The minimum atomic E-state index is -0.139. The second kappa shape index (κ2) is 9.37. The molecule has 4 heteroatoms. The summed E-state index contributed by atoms with van der Waals surface area (Å²) >= 11 is 0. The predicted molar refractivity (Wildman–Crippen MR) is 134 cm³/mol. The van der Waals surface area contributed by atoms with E-state index in [1.54, 1.807) is 0 Å². The molecule has 1 unspecified atom stereocenters. The third-order valence-corrected chi connectivity index (χ3v) is 5.92. The Labute approximate surface area is 194 Å². The van der Waals surface area contributed by atoms with Gasteiger partial charge in [-0.1, -0.05) is 61.5 Å². The van der Waals surface area contributed by atoms with Gasteiger partial charge < -0.3 is 14.0 Å². The summed E-state index contributed by atoms with van der Waals surface area (Å²) in [6.45, 7) is 5.45. The van der Waals surface area contributed by atoms with E-state index in [1.165, 1.54) is 16.3 Å². The van der Waals surface area contributed by atoms with Gasteiger partial charge in [-0.25, -0.2) is 4.98 Å². The fourth-order valence-corrected chi connectivity index (χ4v) is 4.26. The number of rotatable bonds is 8. The third kappa shape index (κ3) is 4.56. The number of nitrogens with zero attached hydrogens (tertiary/aromatic N) is 2. The Kier molecular flexibility index (Phi) is 5.99. The van der Waals surface area contributed by atoms with Crippen LogP contribution in [0.1, 0.15) is 30.8 Å². The molecule has 0 saturated heterocycles. The van der Waals surface area contributed by atoms with Crippen LogP contribution in [0.2, 0.25) is 0 Å². The smallest absolute Gasteiger partial charge is 0.156 e. The summed E-state index contributed by atoms with van der Waals surface area (Å²) in [6.07, 6.45) is 0.683. The van der Waals surface area contributed by atoms with Gasteiger partial charge in [0.15, 0.2) is 11.9 Å². The standard InChI is InChI=1S/C29H28N2O2/c1-3-28(33-25-12-8-9-21(2)19-25)29-30-26-13-6-7-14-27(26)31(29)17-18-32-24-16-15-22-10-4-5-11-23(22)20-24/h4-16,19-20,28H,3,17-18H2,1-2H3. The molecule has 5 rings (SSSR count). The number of fused-ring (bicyclic) bond motifs is 2. The summed E-state index contributed by atoms with van der Waals surface area (Å²) in [7, 11) is 0. The van der Waals surface area contributed by atoms with Gasteiger partial charge >= 0.3 is 0 Å². The van der Waals surface area contributed by atoms with Crippen molar-refractivity contribution in [3.05, 3.63) is 102 Å². The van der Waals surface area contributed by atoms with Crippen LogP contribution < -0.4 is 9.47 Å². The summed E-state index contributed by atoms with van der Waals surface area (Å²) in [6, 6.07) is 31.0. The molecule has 0 aliphatic heterocycles. The van der Waals surface area contributed by atoms with E-state index in [4.69, 9.17) is 14.5 Å². The van der Waals surface area contributed by atoms with E-state index in [0.29, 0.717) is 13.2 Å². The Bertz CT molecular complexity index is 1390. The molecular formula is C29H28N2O2. The van der Waals surface area contributed by atoms with Crippen LogP contribution >= 0.6 is 0 Å². The number of imidazole rings is 1. The van der Waals surface area contributed by atoms with Gasteiger partial charge in [-0.05, 0) is 66.1 Å². The highest BCUT2D eigenvalue weighted by molar-refractivity contribution is 5.83. The number of hydrogen-bond acceptors (Lipinski definition) is 3. The van der Waals surface area contributed by atoms with Crippen LogP contribution in [0.3, 0.4) is 0 Å². The zero-order chi connectivity index (χ0) is 22.6. The van der Waals surface area contributed by atoms with Gasteiger partial charge in [0.1, 0.15) is 18.1 Å². The molecule has 0 bridgehead atoms. The number of aromatic nitrogens is 2. The Morgan fingerprint density at radius 1 is 0.818 bits per heavy atom. The Morgan fingerprint density at radius 2 is 1.64 bits per heavy atom. The fourth-order valence-electron chi connectivity index (χ4n) is 4.26. The molecule has 0 radical (unpaired) electrons. The Balaban J connectivity index is 1.39. The van der Waals surface area contributed by atoms with Crippen LogP contribution in [-0.4, -0.2) is 16.2 Å². The molecule has 166 valence electrons. The average Bonchev–Trinajstić information content (AvgIpc) is 3.21. The van der Waals surface area contributed by atoms with E-state index in [-0.39, 0.29) is 6.10 Å². The Morgan fingerprint density at radius 3 is 2.48 bits per heavy atom. The molecule has 0 aliphatic rings. The van der Waals surface area contributed by atoms with Crippen LogP contribution in [-0.2, 0) is 6.54 Å². The lowest BCUT2D eigenvalue weighted by Crippen LogP contribution is -2.17. The van der Waals surface area contributed by atoms with Crippen molar-refractivity contribution in [1.82, 2.24) is 9.55 Å². The summed E-state index contributed by atoms with van der Waals surface area (Å²) in [5.41, 5.74) is 3.25. The van der Waals surface area contributed by atoms with Gasteiger partial charge in [-0.15, -0.1) is 0 Å². The first kappa shape index (κ1) is 21.1. The summed E-state index contributed by atoms with van der Waals surface area (Å²) in [5, 5.41) is 2.40. The molecule has 33 heavy (non-hydrogen) atoms.